The van der Waals surface area contributed by atoms with Crippen LogP contribution in [0.5, 0.6) is 0 Å². The fourth-order valence-corrected chi connectivity index (χ4v) is 1.74. The summed E-state index contributed by atoms with van der Waals surface area (Å²) >= 11 is 6.16. The van der Waals surface area contributed by atoms with Gasteiger partial charge in [-0.2, -0.15) is 0 Å². The number of aromatic nitrogens is 1. The van der Waals surface area contributed by atoms with Crippen LogP contribution in [0.15, 0.2) is 5.38 Å². The fourth-order valence-electron chi connectivity index (χ4n) is 0.963. The van der Waals surface area contributed by atoms with E-state index in [1.807, 2.05) is 6.92 Å². The Morgan fingerprint density at radius 1 is 1.79 bits per heavy atom. The zero-order valence-corrected chi connectivity index (χ0v) is 9.61. The summed E-state index contributed by atoms with van der Waals surface area (Å²) in [5.74, 6) is -0.151. The molecule has 0 saturated heterocycles. The van der Waals surface area contributed by atoms with Crippen molar-refractivity contribution < 1.29 is 4.79 Å². The van der Waals surface area contributed by atoms with Gasteiger partial charge in [-0.3, -0.25) is 4.79 Å². The van der Waals surface area contributed by atoms with Gasteiger partial charge in [-0.05, 0) is 6.92 Å². The largest absolute Gasteiger partial charge is 0.392 e. The third-order valence-electron chi connectivity index (χ3n) is 1.58. The van der Waals surface area contributed by atoms with Crippen LogP contribution >= 0.6 is 23.6 Å². The van der Waals surface area contributed by atoms with Gasteiger partial charge in [0.1, 0.15) is 5.69 Å². The number of amides is 1. The van der Waals surface area contributed by atoms with E-state index < -0.39 is 0 Å². The minimum absolute atomic E-state index is 0.151. The van der Waals surface area contributed by atoms with Gasteiger partial charge in [0.2, 0.25) is 0 Å². The molecule has 1 heterocycles. The van der Waals surface area contributed by atoms with Gasteiger partial charge in [0.05, 0.1) is 16.5 Å². The summed E-state index contributed by atoms with van der Waals surface area (Å²) in [5.41, 5.74) is 5.78. The second-order valence-electron chi connectivity index (χ2n) is 2.88. The molecule has 1 amide bonds. The van der Waals surface area contributed by atoms with Crippen LogP contribution in [0.25, 0.3) is 0 Å². The van der Waals surface area contributed by atoms with Crippen molar-refractivity contribution in [2.45, 2.75) is 6.92 Å². The number of hydrogen-bond acceptors (Lipinski definition) is 4. The monoisotopic (exact) mass is 229 g/mol. The minimum Gasteiger partial charge on any atom is -0.392 e. The lowest BCUT2D eigenvalue weighted by Gasteiger charge is -2.14. The van der Waals surface area contributed by atoms with Crippen LogP contribution in [-0.4, -0.2) is 34.4 Å². The van der Waals surface area contributed by atoms with E-state index in [-0.39, 0.29) is 12.5 Å². The SMILES string of the molecule is Cc1nc(C(=O)N(C)CC(N)=S)cs1. The van der Waals surface area contributed by atoms with E-state index in [1.54, 1.807) is 12.4 Å². The first-order valence-corrected chi connectivity index (χ1v) is 5.25. The fraction of sp³-hybridized carbons (Fsp3) is 0.375. The highest BCUT2D eigenvalue weighted by molar-refractivity contribution is 7.80. The van der Waals surface area contributed by atoms with Crippen molar-refractivity contribution in [2.24, 2.45) is 5.73 Å². The number of nitrogens with two attached hydrogens (primary N) is 1. The summed E-state index contributed by atoms with van der Waals surface area (Å²) in [5, 5.41) is 2.60. The lowest BCUT2D eigenvalue weighted by Crippen LogP contribution is -2.34. The second kappa shape index (κ2) is 4.47. The number of carbonyl (C=O) groups is 1. The van der Waals surface area contributed by atoms with Crippen molar-refractivity contribution in [3.8, 4) is 0 Å². The lowest BCUT2D eigenvalue weighted by atomic mass is 10.4. The normalized spacial score (nSPS) is 9.86. The summed E-state index contributed by atoms with van der Waals surface area (Å²) < 4.78 is 0. The van der Waals surface area contributed by atoms with Crippen LogP contribution in [0.3, 0.4) is 0 Å². The van der Waals surface area contributed by atoms with Crippen molar-refractivity contribution in [3.63, 3.8) is 0 Å². The third-order valence-corrected chi connectivity index (χ3v) is 2.48. The molecule has 2 N–H and O–H groups in total. The number of thiocarbonyl (C=S) groups is 1. The quantitative estimate of drug-likeness (QED) is 0.779. The molecule has 6 heteroatoms. The first-order chi connectivity index (χ1) is 6.50. The minimum atomic E-state index is -0.151. The molecule has 0 fully saturated rings. The number of nitrogens with zero attached hydrogens (tertiary/aromatic N) is 2. The first kappa shape index (κ1) is 11.1. The first-order valence-electron chi connectivity index (χ1n) is 3.96. The van der Waals surface area contributed by atoms with Gasteiger partial charge in [-0.1, -0.05) is 12.2 Å². The number of carbonyl (C=O) groups excluding carboxylic acids is 1. The average Bonchev–Trinajstić information content (AvgIpc) is 2.49. The van der Waals surface area contributed by atoms with Gasteiger partial charge in [0, 0.05) is 12.4 Å². The van der Waals surface area contributed by atoms with Crippen molar-refractivity contribution in [3.05, 3.63) is 16.1 Å². The van der Waals surface area contributed by atoms with Gasteiger partial charge in [0.15, 0.2) is 0 Å². The van der Waals surface area contributed by atoms with Crippen LogP contribution in [0.1, 0.15) is 15.5 Å². The number of thiazole rings is 1. The maximum Gasteiger partial charge on any atom is 0.273 e. The number of hydrogen-bond donors (Lipinski definition) is 1. The predicted octanol–water partition coefficient (Wildman–Crippen LogP) is 0.810. The Morgan fingerprint density at radius 2 is 2.43 bits per heavy atom. The molecule has 0 aliphatic heterocycles. The van der Waals surface area contributed by atoms with E-state index in [4.69, 9.17) is 18.0 Å². The van der Waals surface area contributed by atoms with Crippen LogP contribution in [0, 0.1) is 6.92 Å². The van der Waals surface area contributed by atoms with Gasteiger partial charge >= 0.3 is 0 Å². The van der Waals surface area contributed by atoms with E-state index in [0.717, 1.165) is 5.01 Å². The van der Waals surface area contributed by atoms with E-state index in [2.05, 4.69) is 4.98 Å². The van der Waals surface area contributed by atoms with Crippen molar-refractivity contribution in [1.29, 1.82) is 0 Å². The molecule has 0 atom stereocenters. The topological polar surface area (TPSA) is 59.2 Å². The molecule has 0 aliphatic carbocycles. The molecule has 0 radical (unpaired) electrons. The molecule has 1 aromatic rings. The van der Waals surface area contributed by atoms with Crippen LogP contribution in [0.4, 0.5) is 0 Å². The molecule has 0 aromatic carbocycles. The van der Waals surface area contributed by atoms with E-state index in [0.29, 0.717) is 10.7 Å². The molecule has 0 bridgehead atoms. The Labute approximate surface area is 91.7 Å². The maximum atomic E-state index is 11.6. The van der Waals surface area contributed by atoms with Crippen molar-refractivity contribution >= 4 is 34.5 Å². The van der Waals surface area contributed by atoms with Crippen molar-refractivity contribution in [1.82, 2.24) is 9.88 Å². The molecule has 1 aromatic heterocycles. The molecular weight excluding hydrogens is 218 g/mol. The molecule has 14 heavy (non-hydrogen) atoms. The maximum absolute atomic E-state index is 11.6. The Kier molecular flexibility index (Phi) is 3.54. The summed E-state index contributed by atoms with van der Waals surface area (Å²) in [6.45, 7) is 2.14. The molecule has 0 aliphatic rings. The standard InChI is InChI=1S/C8H11N3OS2/c1-5-10-6(4-14-5)8(12)11(2)3-7(9)13/h4H,3H2,1-2H3,(H2,9,13). The van der Waals surface area contributed by atoms with Crippen LogP contribution < -0.4 is 5.73 Å². The van der Waals surface area contributed by atoms with E-state index in [9.17, 15) is 4.79 Å². The summed E-state index contributed by atoms with van der Waals surface area (Å²) in [6.07, 6.45) is 0. The van der Waals surface area contributed by atoms with Crippen molar-refractivity contribution in [2.75, 3.05) is 13.6 Å². The summed E-state index contributed by atoms with van der Waals surface area (Å²) in [4.78, 5) is 17.5. The predicted molar refractivity (Wildman–Crippen MR) is 60.6 cm³/mol. The second-order valence-corrected chi connectivity index (χ2v) is 4.47. The van der Waals surface area contributed by atoms with Crippen LogP contribution in [0.2, 0.25) is 0 Å². The summed E-state index contributed by atoms with van der Waals surface area (Å²) in [7, 11) is 1.65. The van der Waals surface area contributed by atoms with Gasteiger partial charge in [-0.15, -0.1) is 11.3 Å². The summed E-state index contributed by atoms with van der Waals surface area (Å²) in [6, 6.07) is 0. The zero-order chi connectivity index (χ0) is 10.7. The lowest BCUT2D eigenvalue weighted by molar-refractivity contribution is 0.0810. The molecule has 4 nitrogen and oxygen atoms in total. The van der Waals surface area contributed by atoms with E-state index >= 15 is 0 Å². The Balaban J connectivity index is 2.70. The van der Waals surface area contributed by atoms with Gasteiger partial charge in [-0.25, -0.2) is 4.98 Å². The number of likely N-dealkylation sites (N-methyl/N-ethyl adjacent to an activating group) is 1. The Hall–Kier alpha value is -1.01. The number of rotatable bonds is 3. The third kappa shape index (κ3) is 2.74. The molecule has 76 valence electrons. The van der Waals surface area contributed by atoms with Gasteiger partial charge in [0.25, 0.3) is 5.91 Å². The molecule has 0 spiro atoms. The Bertz CT molecular complexity index is 361. The van der Waals surface area contributed by atoms with E-state index in [1.165, 1.54) is 16.2 Å². The average molecular weight is 229 g/mol. The van der Waals surface area contributed by atoms with Gasteiger partial charge < -0.3 is 10.6 Å². The highest BCUT2D eigenvalue weighted by atomic mass is 32.1. The molecule has 0 saturated carbocycles. The smallest absolute Gasteiger partial charge is 0.273 e. The Morgan fingerprint density at radius 3 is 2.86 bits per heavy atom. The molecule has 1 rings (SSSR count). The highest BCUT2D eigenvalue weighted by Gasteiger charge is 2.14. The zero-order valence-electron chi connectivity index (χ0n) is 7.98. The van der Waals surface area contributed by atoms with Crippen LogP contribution in [-0.2, 0) is 0 Å². The highest BCUT2D eigenvalue weighted by Crippen LogP contribution is 2.09. The number of aryl methyl sites for hydroxylation is 1. The molecule has 0 unspecified atom stereocenters. The molecular formula is C8H11N3OS2.